The van der Waals surface area contributed by atoms with E-state index in [1.807, 2.05) is 18.2 Å². The summed E-state index contributed by atoms with van der Waals surface area (Å²) in [5.74, 6) is 3.90. The summed E-state index contributed by atoms with van der Waals surface area (Å²) < 4.78 is 0. The molecule has 0 bridgehead atoms. The first-order valence-corrected chi connectivity index (χ1v) is 11.9. The summed E-state index contributed by atoms with van der Waals surface area (Å²) in [4.78, 5) is 14.5. The second-order valence-electron chi connectivity index (χ2n) is 9.18. The highest BCUT2D eigenvalue weighted by Crippen LogP contribution is 2.29. The third-order valence-corrected chi connectivity index (χ3v) is 6.41. The maximum Gasteiger partial charge on any atom is 0.232 e. The minimum absolute atomic E-state index is 0.103. The summed E-state index contributed by atoms with van der Waals surface area (Å²) >= 11 is 5.60. The third-order valence-electron chi connectivity index (χ3n) is 6.19. The van der Waals surface area contributed by atoms with Gasteiger partial charge >= 0.3 is 0 Å². The van der Waals surface area contributed by atoms with Gasteiger partial charge in [0.1, 0.15) is 11.6 Å². The molecule has 2 N–H and O–H groups in total. The Bertz CT molecular complexity index is 873. The zero-order chi connectivity index (χ0) is 21.8. The molecule has 0 aliphatic carbocycles. The number of hydrogen-bond donors (Lipinski definition) is 2. The van der Waals surface area contributed by atoms with Gasteiger partial charge < -0.3 is 20.4 Å². The number of benzene rings is 1. The van der Waals surface area contributed by atoms with E-state index in [1.54, 1.807) is 0 Å². The second-order valence-corrected chi connectivity index (χ2v) is 9.59. The molecular weight excluding hydrogens is 404 g/mol. The van der Waals surface area contributed by atoms with Gasteiger partial charge in [0.05, 0.1) is 6.04 Å². The van der Waals surface area contributed by atoms with Crippen molar-refractivity contribution in [3.05, 3.63) is 42.0 Å². The fourth-order valence-electron chi connectivity index (χ4n) is 4.76. The molecule has 31 heavy (non-hydrogen) atoms. The highest BCUT2D eigenvalue weighted by molar-refractivity contribution is 7.80. The number of rotatable bonds is 5. The van der Waals surface area contributed by atoms with Crippen LogP contribution in [0.3, 0.4) is 0 Å². The lowest BCUT2D eigenvalue weighted by Gasteiger charge is -2.36. The van der Waals surface area contributed by atoms with Crippen LogP contribution in [0.25, 0.3) is 0 Å². The van der Waals surface area contributed by atoms with Crippen LogP contribution in [0.1, 0.15) is 51.6 Å². The number of hydrogen-bond acceptors (Lipinski definition) is 5. The lowest BCUT2D eigenvalue weighted by molar-refractivity contribution is 0.355. The third kappa shape index (κ3) is 5.64. The number of anilines is 3. The Labute approximate surface area is 191 Å². The highest BCUT2D eigenvalue weighted by Gasteiger charge is 2.25. The van der Waals surface area contributed by atoms with E-state index in [-0.39, 0.29) is 6.04 Å². The molecule has 2 saturated heterocycles. The predicted octanol–water partition coefficient (Wildman–Crippen LogP) is 4.61. The zero-order valence-corrected chi connectivity index (χ0v) is 19.7. The number of piperidine rings is 1. The van der Waals surface area contributed by atoms with E-state index in [0.29, 0.717) is 22.9 Å². The summed E-state index contributed by atoms with van der Waals surface area (Å²) in [6.07, 6.45) is 3.71. The molecule has 4 rings (SSSR count). The summed E-state index contributed by atoms with van der Waals surface area (Å²) in [6, 6.07) is 12.6. The molecular formula is C24H34N6S. The van der Waals surface area contributed by atoms with Crippen LogP contribution in [0, 0.1) is 11.8 Å². The maximum absolute atomic E-state index is 5.60. The van der Waals surface area contributed by atoms with Gasteiger partial charge in [-0.15, -0.1) is 0 Å². The zero-order valence-electron chi connectivity index (χ0n) is 18.8. The van der Waals surface area contributed by atoms with Crippen LogP contribution in [0.4, 0.5) is 17.6 Å². The Balaban J connectivity index is 1.53. The molecule has 3 unspecified atom stereocenters. The van der Waals surface area contributed by atoms with Crippen LogP contribution < -0.4 is 20.4 Å². The first-order chi connectivity index (χ1) is 15.0. The van der Waals surface area contributed by atoms with Gasteiger partial charge in [0.25, 0.3) is 0 Å². The molecule has 2 fully saturated rings. The molecule has 0 spiro atoms. The van der Waals surface area contributed by atoms with E-state index in [4.69, 9.17) is 22.2 Å². The Morgan fingerprint density at radius 1 is 1.00 bits per heavy atom. The van der Waals surface area contributed by atoms with Crippen molar-refractivity contribution < 1.29 is 0 Å². The molecule has 0 saturated carbocycles. The largest absolute Gasteiger partial charge is 0.356 e. The van der Waals surface area contributed by atoms with E-state index < -0.39 is 0 Å². The van der Waals surface area contributed by atoms with Crippen molar-refractivity contribution in [3.8, 4) is 0 Å². The molecule has 0 radical (unpaired) electrons. The normalized spacial score (nSPS) is 22.3. The highest BCUT2D eigenvalue weighted by atomic mass is 32.1. The minimum atomic E-state index is 0.103. The Morgan fingerprint density at radius 3 is 2.26 bits per heavy atom. The number of nitrogens with zero attached hydrogens (tertiary/aromatic N) is 4. The number of thiocarbonyl (C=S) groups is 1. The number of aromatic nitrogens is 2. The van der Waals surface area contributed by atoms with Crippen molar-refractivity contribution in [1.82, 2.24) is 15.3 Å². The smallest absolute Gasteiger partial charge is 0.232 e. The second kappa shape index (κ2) is 9.81. The van der Waals surface area contributed by atoms with Gasteiger partial charge in [-0.2, -0.15) is 9.97 Å². The van der Waals surface area contributed by atoms with Crippen LogP contribution >= 0.6 is 12.2 Å². The maximum atomic E-state index is 5.60. The average Bonchev–Trinajstić information content (AvgIpc) is 3.28. The van der Waals surface area contributed by atoms with Gasteiger partial charge in [-0.1, -0.05) is 44.2 Å². The summed E-state index contributed by atoms with van der Waals surface area (Å²) in [7, 11) is 0. The molecule has 3 atom stereocenters. The van der Waals surface area contributed by atoms with E-state index >= 15 is 0 Å². The fourth-order valence-corrected chi connectivity index (χ4v) is 5.03. The van der Waals surface area contributed by atoms with Gasteiger partial charge in [-0.3, -0.25) is 0 Å². The molecule has 3 heterocycles. The van der Waals surface area contributed by atoms with Gasteiger partial charge in [0, 0.05) is 32.2 Å². The Morgan fingerprint density at radius 2 is 1.61 bits per heavy atom. The Hall–Kier alpha value is -2.41. The van der Waals surface area contributed by atoms with Gasteiger partial charge in [0.2, 0.25) is 5.95 Å². The van der Waals surface area contributed by atoms with Crippen LogP contribution in [-0.2, 0) is 0 Å². The van der Waals surface area contributed by atoms with Crippen molar-refractivity contribution in [2.24, 2.45) is 11.8 Å². The summed E-state index contributed by atoms with van der Waals surface area (Å²) in [5.41, 5.74) is 1.19. The van der Waals surface area contributed by atoms with E-state index in [0.717, 1.165) is 37.8 Å². The van der Waals surface area contributed by atoms with Crippen LogP contribution in [0.15, 0.2) is 36.4 Å². The molecule has 166 valence electrons. The van der Waals surface area contributed by atoms with Gasteiger partial charge in [-0.05, 0) is 55.8 Å². The first kappa shape index (κ1) is 21.8. The lowest BCUT2D eigenvalue weighted by Crippen LogP contribution is -2.39. The van der Waals surface area contributed by atoms with Crippen molar-refractivity contribution in [1.29, 1.82) is 0 Å². The molecule has 0 amide bonds. The molecule has 7 heteroatoms. The van der Waals surface area contributed by atoms with E-state index in [2.05, 4.69) is 59.4 Å². The van der Waals surface area contributed by atoms with Gasteiger partial charge in [0.15, 0.2) is 5.11 Å². The van der Waals surface area contributed by atoms with Crippen molar-refractivity contribution >= 4 is 34.9 Å². The van der Waals surface area contributed by atoms with Crippen molar-refractivity contribution in [2.45, 2.75) is 46.1 Å². The molecule has 1 aromatic heterocycles. The molecule has 2 aromatic rings. The standard InChI is InChI=1S/C24H34N6S/c1-17-13-18(2)16-30(15-17)22-14-21(29-11-7-8-12-29)26-23(27-22)28-24(31)25-19(3)20-9-5-4-6-10-20/h4-6,9-10,14,17-19H,7-8,11-13,15-16H2,1-3H3,(H2,25,26,27,28,31). The molecule has 1 aromatic carbocycles. The minimum Gasteiger partial charge on any atom is -0.356 e. The van der Waals surface area contributed by atoms with Crippen LogP contribution in [0.2, 0.25) is 0 Å². The van der Waals surface area contributed by atoms with Gasteiger partial charge in [-0.25, -0.2) is 0 Å². The summed E-state index contributed by atoms with van der Waals surface area (Å²) in [5, 5.41) is 7.16. The fraction of sp³-hybridized carbons (Fsp3) is 0.542. The van der Waals surface area contributed by atoms with E-state index in [9.17, 15) is 0 Å². The monoisotopic (exact) mass is 438 g/mol. The molecule has 2 aliphatic rings. The van der Waals surface area contributed by atoms with Crippen molar-refractivity contribution in [2.75, 3.05) is 41.3 Å². The topological polar surface area (TPSA) is 56.3 Å². The quantitative estimate of drug-likeness (QED) is 0.661. The van der Waals surface area contributed by atoms with E-state index in [1.165, 1.54) is 24.8 Å². The number of nitrogens with one attached hydrogen (secondary N) is 2. The predicted molar refractivity (Wildman–Crippen MR) is 133 cm³/mol. The van der Waals surface area contributed by atoms with Crippen LogP contribution in [-0.4, -0.2) is 41.3 Å². The molecule has 2 aliphatic heterocycles. The van der Waals surface area contributed by atoms with Crippen LogP contribution in [0.5, 0.6) is 0 Å². The Kier molecular flexibility index (Phi) is 6.90. The first-order valence-electron chi connectivity index (χ1n) is 11.5. The lowest BCUT2D eigenvalue weighted by atomic mass is 9.92. The average molecular weight is 439 g/mol. The SMILES string of the molecule is CC1CC(C)CN(c2cc(N3CCCC3)nc(NC(=S)NC(C)c3ccccc3)n2)C1. The summed E-state index contributed by atoms with van der Waals surface area (Å²) in [6.45, 7) is 10.9. The van der Waals surface area contributed by atoms with Crippen molar-refractivity contribution in [3.63, 3.8) is 0 Å². The molecule has 6 nitrogen and oxygen atoms in total.